The highest BCUT2D eigenvalue weighted by Gasteiger charge is 2.43. The molecule has 1 amide bonds. The van der Waals surface area contributed by atoms with Gasteiger partial charge in [-0.3, -0.25) is 9.69 Å². The van der Waals surface area contributed by atoms with Crippen LogP contribution < -0.4 is 14.8 Å². The molecule has 0 aromatic heterocycles. The Bertz CT molecular complexity index is 870. The summed E-state index contributed by atoms with van der Waals surface area (Å²) in [6, 6.07) is 13.0. The van der Waals surface area contributed by atoms with Crippen molar-refractivity contribution in [3.05, 3.63) is 59.7 Å². The maximum absolute atomic E-state index is 12.5. The van der Waals surface area contributed by atoms with E-state index in [4.69, 9.17) is 4.74 Å². The lowest BCUT2D eigenvalue weighted by atomic mass is 9.97. The first-order chi connectivity index (χ1) is 13.3. The predicted molar refractivity (Wildman–Crippen MR) is 94.9 cm³/mol. The summed E-state index contributed by atoms with van der Waals surface area (Å²) >= 11 is 0. The smallest absolute Gasteiger partial charge is 0.466 e. The molecule has 1 N–H and O–H groups in total. The van der Waals surface area contributed by atoms with Crippen molar-refractivity contribution in [2.75, 3.05) is 13.1 Å². The fourth-order valence-corrected chi connectivity index (χ4v) is 3.74. The van der Waals surface area contributed by atoms with E-state index in [2.05, 4.69) is 15.0 Å². The highest BCUT2D eigenvalue weighted by atomic mass is 19.4. The monoisotopic (exact) mass is 392 g/mol. The Morgan fingerprint density at radius 2 is 1.89 bits per heavy atom. The van der Waals surface area contributed by atoms with Crippen LogP contribution in [0.5, 0.6) is 11.5 Å². The van der Waals surface area contributed by atoms with E-state index in [1.807, 2.05) is 6.07 Å². The number of para-hydroxylation sites is 1. The van der Waals surface area contributed by atoms with Crippen molar-refractivity contribution < 1.29 is 27.4 Å². The summed E-state index contributed by atoms with van der Waals surface area (Å²) in [5.74, 6) is 0.171. The van der Waals surface area contributed by atoms with Gasteiger partial charge in [0, 0.05) is 13.0 Å². The minimum absolute atomic E-state index is 0.155. The molecule has 1 atom stereocenters. The van der Waals surface area contributed by atoms with Gasteiger partial charge in [-0.05, 0) is 42.8 Å². The van der Waals surface area contributed by atoms with Gasteiger partial charge in [0.15, 0.2) is 5.72 Å². The van der Waals surface area contributed by atoms with E-state index >= 15 is 0 Å². The third kappa shape index (κ3) is 4.06. The number of nitrogens with zero attached hydrogens (tertiary/aromatic N) is 1. The first kappa shape index (κ1) is 18.6. The van der Waals surface area contributed by atoms with Gasteiger partial charge in [0.05, 0.1) is 12.1 Å². The molecule has 4 rings (SSSR count). The van der Waals surface area contributed by atoms with Crippen molar-refractivity contribution in [2.45, 2.75) is 31.5 Å². The zero-order valence-corrected chi connectivity index (χ0v) is 15.0. The third-order valence-electron chi connectivity index (χ3n) is 4.88. The van der Waals surface area contributed by atoms with Crippen molar-refractivity contribution in [1.29, 1.82) is 0 Å². The number of rotatable bonds is 3. The fourth-order valence-electron chi connectivity index (χ4n) is 3.74. The number of ether oxygens (including phenoxy) is 2. The van der Waals surface area contributed by atoms with Crippen LogP contribution in [0.25, 0.3) is 0 Å². The molecule has 0 radical (unpaired) electrons. The van der Waals surface area contributed by atoms with E-state index < -0.39 is 12.1 Å². The van der Waals surface area contributed by atoms with E-state index in [9.17, 15) is 18.0 Å². The molecule has 28 heavy (non-hydrogen) atoms. The van der Waals surface area contributed by atoms with Gasteiger partial charge in [0.1, 0.15) is 11.5 Å². The largest absolute Gasteiger partial charge is 0.573 e. The van der Waals surface area contributed by atoms with Crippen LogP contribution in [0.2, 0.25) is 0 Å². The van der Waals surface area contributed by atoms with Gasteiger partial charge in [-0.15, -0.1) is 13.2 Å². The SMILES string of the molecule is O=C1NC2(CCCN(Cc3ccc(OC(F)(F)F)cc3)C2)Oc2ccccc21. The van der Waals surface area contributed by atoms with Crippen LogP contribution in [-0.4, -0.2) is 36.0 Å². The average molecular weight is 392 g/mol. The Kier molecular flexibility index (Phi) is 4.66. The molecule has 1 spiro atoms. The van der Waals surface area contributed by atoms with Gasteiger partial charge in [-0.25, -0.2) is 0 Å². The second kappa shape index (κ2) is 7.01. The number of hydrogen-bond acceptors (Lipinski definition) is 4. The number of piperidine rings is 1. The molecule has 0 bridgehead atoms. The molecule has 1 fully saturated rings. The number of hydrogen-bond donors (Lipinski definition) is 1. The Balaban J connectivity index is 1.44. The summed E-state index contributed by atoms with van der Waals surface area (Å²) in [5.41, 5.74) is 0.586. The van der Waals surface area contributed by atoms with Crippen LogP contribution in [0.1, 0.15) is 28.8 Å². The van der Waals surface area contributed by atoms with Crippen molar-refractivity contribution in [2.24, 2.45) is 0 Å². The predicted octanol–water partition coefficient (Wildman–Crippen LogP) is 3.70. The number of amides is 1. The first-order valence-electron chi connectivity index (χ1n) is 9.00. The Labute approximate surface area is 160 Å². The normalized spacial score (nSPS) is 22.3. The van der Waals surface area contributed by atoms with E-state index in [0.717, 1.165) is 18.5 Å². The van der Waals surface area contributed by atoms with Crippen molar-refractivity contribution in [3.8, 4) is 11.5 Å². The number of nitrogens with one attached hydrogen (secondary N) is 1. The molecule has 5 nitrogen and oxygen atoms in total. The maximum atomic E-state index is 12.5. The Hall–Kier alpha value is -2.74. The number of alkyl halides is 3. The fraction of sp³-hybridized carbons (Fsp3) is 0.350. The van der Waals surface area contributed by atoms with Crippen LogP contribution in [-0.2, 0) is 6.54 Å². The molecule has 1 saturated heterocycles. The molecule has 2 aliphatic rings. The molecule has 2 aliphatic heterocycles. The van der Waals surface area contributed by atoms with Gasteiger partial charge >= 0.3 is 6.36 Å². The minimum Gasteiger partial charge on any atom is -0.466 e. The lowest BCUT2D eigenvalue weighted by molar-refractivity contribution is -0.274. The van der Waals surface area contributed by atoms with Crippen molar-refractivity contribution in [1.82, 2.24) is 10.2 Å². The minimum atomic E-state index is -4.70. The van der Waals surface area contributed by atoms with Gasteiger partial charge in [0.25, 0.3) is 5.91 Å². The van der Waals surface area contributed by atoms with E-state index in [-0.39, 0.29) is 11.7 Å². The summed E-state index contributed by atoms with van der Waals surface area (Å²) < 4.78 is 46.9. The second-order valence-corrected chi connectivity index (χ2v) is 7.05. The molecule has 0 saturated carbocycles. The molecule has 2 aromatic rings. The van der Waals surface area contributed by atoms with E-state index in [1.54, 1.807) is 30.3 Å². The van der Waals surface area contributed by atoms with Crippen molar-refractivity contribution >= 4 is 5.91 Å². The standard InChI is InChI=1S/C20H19F3N2O3/c21-20(22,23)27-15-8-6-14(7-9-15)12-25-11-3-10-19(13-25)24-18(26)16-4-1-2-5-17(16)28-19/h1-2,4-9H,3,10-13H2,(H,24,26). The molecular formula is C20H19F3N2O3. The highest BCUT2D eigenvalue weighted by Crippen LogP contribution is 2.33. The number of carbonyl (C=O) groups excluding carboxylic acids is 1. The molecule has 2 aromatic carbocycles. The molecular weight excluding hydrogens is 373 g/mol. The van der Waals surface area contributed by atoms with E-state index in [0.29, 0.717) is 30.8 Å². The number of halogens is 3. The van der Waals surface area contributed by atoms with Crippen molar-refractivity contribution in [3.63, 3.8) is 0 Å². The van der Waals surface area contributed by atoms with Crippen LogP contribution in [0.15, 0.2) is 48.5 Å². The summed E-state index contributed by atoms with van der Waals surface area (Å²) in [4.78, 5) is 14.6. The van der Waals surface area contributed by atoms with Crippen LogP contribution in [0, 0.1) is 0 Å². The number of fused-ring (bicyclic) bond motifs is 1. The first-order valence-corrected chi connectivity index (χ1v) is 9.00. The summed E-state index contributed by atoms with van der Waals surface area (Å²) in [5, 5.41) is 2.99. The molecule has 1 unspecified atom stereocenters. The topological polar surface area (TPSA) is 50.8 Å². The van der Waals surface area contributed by atoms with Crippen LogP contribution in [0.4, 0.5) is 13.2 Å². The van der Waals surface area contributed by atoms with Gasteiger partial charge in [-0.2, -0.15) is 0 Å². The molecule has 148 valence electrons. The third-order valence-corrected chi connectivity index (χ3v) is 4.88. The average Bonchev–Trinajstić information content (AvgIpc) is 2.62. The molecule has 2 heterocycles. The second-order valence-electron chi connectivity index (χ2n) is 7.05. The molecule has 8 heteroatoms. The zero-order valence-electron chi connectivity index (χ0n) is 15.0. The van der Waals surface area contributed by atoms with Crippen LogP contribution >= 0.6 is 0 Å². The summed E-state index contributed by atoms with van der Waals surface area (Å²) in [7, 11) is 0. The highest BCUT2D eigenvalue weighted by molar-refractivity contribution is 5.98. The zero-order chi connectivity index (χ0) is 19.8. The van der Waals surface area contributed by atoms with Gasteiger partial charge in [0.2, 0.25) is 0 Å². The number of likely N-dealkylation sites (tertiary alicyclic amines) is 1. The maximum Gasteiger partial charge on any atom is 0.573 e. The summed E-state index contributed by atoms with van der Waals surface area (Å²) in [6.07, 6.45) is -3.17. The Morgan fingerprint density at radius 3 is 2.64 bits per heavy atom. The van der Waals surface area contributed by atoms with Gasteiger partial charge < -0.3 is 14.8 Å². The summed E-state index contributed by atoms with van der Waals surface area (Å²) in [6.45, 7) is 1.84. The number of benzene rings is 2. The van der Waals surface area contributed by atoms with Crippen LogP contribution in [0.3, 0.4) is 0 Å². The Morgan fingerprint density at radius 1 is 1.14 bits per heavy atom. The quantitative estimate of drug-likeness (QED) is 0.866. The lowest BCUT2D eigenvalue weighted by Gasteiger charge is -2.45. The van der Waals surface area contributed by atoms with Gasteiger partial charge in [-0.1, -0.05) is 24.3 Å². The number of carbonyl (C=O) groups is 1. The lowest BCUT2D eigenvalue weighted by Crippen LogP contribution is -2.63. The van der Waals surface area contributed by atoms with E-state index in [1.165, 1.54) is 12.1 Å². The molecule has 0 aliphatic carbocycles.